The molecule has 0 radical (unpaired) electrons. The van der Waals surface area contributed by atoms with Crippen molar-refractivity contribution in [3.63, 3.8) is 0 Å². The van der Waals surface area contributed by atoms with Crippen molar-refractivity contribution in [2.45, 2.75) is 20.8 Å². The Morgan fingerprint density at radius 1 is 1.53 bits per heavy atom. The molecule has 0 spiro atoms. The zero-order chi connectivity index (χ0) is 14.6. The molecule has 1 aromatic heterocycles. The Hall–Kier alpha value is -1.56. The molecule has 0 saturated carbocycles. The first-order chi connectivity index (χ1) is 8.88. The number of hydrogen-bond acceptors (Lipinski definition) is 4. The summed E-state index contributed by atoms with van der Waals surface area (Å²) in [7, 11) is 3.36. The highest BCUT2D eigenvalue weighted by atomic mass is 16.5. The number of ether oxygens (including phenoxy) is 1. The van der Waals surface area contributed by atoms with Crippen molar-refractivity contribution in [3.05, 3.63) is 11.4 Å². The van der Waals surface area contributed by atoms with Gasteiger partial charge in [0.25, 0.3) is 5.91 Å². The molecule has 0 bridgehead atoms. The Morgan fingerprint density at radius 2 is 2.16 bits per heavy atom. The fourth-order valence-electron chi connectivity index (χ4n) is 2.00. The lowest BCUT2D eigenvalue weighted by Crippen LogP contribution is -2.38. The molecule has 108 valence electrons. The Morgan fingerprint density at radius 3 is 2.58 bits per heavy atom. The number of aryl methyl sites for hydroxylation is 2. The monoisotopic (exact) mass is 268 g/mol. The van der Waals surface area contributed by atoms with Gasteiger partial charge in [-0.3, -0.25) is 9.48 Å². The van der Waals surface area contributed by atoms with E-state index >= 15 is 0 Å². The largest absolute Gasteiger partial charge is 0.395 e. The van der Waals surface area contributed by atoms with Gasteiger partial charge >= 0.3 is 0 Å². The Balaban J connectivity index is 2.97. The van der Waals surface area contributed by atoms with Gasteiger partial charge in [-0.15, -0.1) is 0 Å². The third-order valence-corrected chi connectivity index (χ3v) is 2.91. The lowest BCUT2D eigenvalue weighted by Gasteiger charge is -2.24. The summed E-state index contributed by atoms with van der Waals surface area (Å²) in [5.74, 6) is 0.294. The number of anilines is 1. The van der Waals surface area contributed by atoms with E-state index in [4.69, 9.17) is 10.5 Å². The number of aromatic nitrogens is 2. The van der Waals surface area contributed by atoms with Crippen molar-refractivity contribution in [1.29, 1.82) is 0 Å². The highest BCUT2D eigenvalue weighted by Crippen LogP contribution is 2.18. The van der Waals surface area contributed by atoms with E-state index in [0.717, 1.165) is 0 Å². The van der Waals surface area contributed by atoms with Gasteiger partial charge < -0.3 is 15.4 Å². The van der Waals surface area contributed by atoms with E-state index in [1.54, 1.807) is 30.7 Å². The van der Waals surface area contributed by atoms with Gasteiger partial charge in [0, 0.05) is 27.2 Å². The van der Waals surface area contributed by atoms with E-state index < -0.39 is 0 Å². The fraction of sp³-hybridized carbons (Fsp3) is 0.692. The van der Waals surface area contributed by atoms with E-state index in [2.05, 4.69) is 18.9 Å². The van der Waals surface area contributed by atoms with Crippen LogP contribution in [0.25, 0.3) is 0 Å². The summed E-state index contributed by atoms with van der Waals surface area (Å²) in [5, 5.41) is 4.19. The standard InChI is InChI=1S/C13H24N4O2/c1-9(2)8-17(6-7-19-5)13(18)12-11(14)10(3)15-16(12)4/h9H,6-8,14H2,1-5H3. The van der Waals surface area contributed by atoms with Crippen LogP contribution in [0.4, 0.5) is 5.69 Å². The summed E-state index contributed by atoms with van der Waals surface area (Å²) < 4.78 is 6.61. The van der Waals surface area contributed by atoms with E-state index in [0.29, 0.717) is 42.7 Å². The van der Waals surface area contributed by atoms with Crippen LogP contribution in [0.1, 0.15) is 30.0 Å². The minimum atomic E-state index is -0.0913. The van der Waals surface area contributed by atoms with Gasteiger partial charge in [-0.25, -0.2) is 0 Å². The molecule has 1 rings (SSSR count). The van der Waals surface area contributed by atoms with Gasteiger partial charge in [0.2, 0.25) is 0 Å². The lowest BCUT2D eigenvalue weighted by atomic mass is 10.2. The second-order valence-corrected chi connectivity index (χ2v) is 5.11. The van der Waals surface area contributed by atoms with Crippen LogP contribution in [0, 0.1) is 12.8 Å². The van der Waals surface area contributed by atoms with Crippen molar-refractivity contribution in [1.82, 2.24) is 14.7 Å². The van der Waals surface area contributed by atoms with Gasteiger partial charge in [-0.1, -0.05) is 13.8 Å². The number of nitrogens with zero attached hydrogens (tertiary/aromatic N) is 3. The highest BCUT2D eigenvalue weighted by molar-refractivity contribution is 5.98. The lowest BCUT2D eigenvalue weighted by molar-refractivity contribution is 0.0662. The van der Waals surface area contributed by atoms with Crippen LogP contribution in [-0.4, -0.2) is 47.4 Å². The third-order valence-electron chi connectivity index (χ3n) is 2.91. The molecule has 2 N–H and O–H groups in total. The number of nitrogen functional groups attached to an aromatic ring is 1. The summed E-state index contributed by atoms with van der Waals surface area (Å²) in [4.78, 5) is 14.3. The van der Waals surface area contributed by atoms with Gasteiger partial charge in [0.05, 0.1) is 18.0 Å². The van der Waals surface area contributed by atoms with Crippen molar-refractivity contribution in [2.75, 3.05) is 32.5 Å². The quantitative estimate of drug-likeness (QED) is 0.837. The fourth-order valence-corrected chi connectivity index (χ4v) is 2.00. The Labute approximate surface area is 114 Å². The molecule has 6 nitrogen and oxygen atoms in total. The second-order valence-electron chi connectivity index (χ2n) is 5.11. The van der Waals surface area contributed by atoms with E-state index in [1.165, 1.54) is 0 Å². The zero-order valence-electron chi connectivity index (χ0n) is 12.4. The first kappa shape index (κ1) is 15.5. The van der Waals surface area contributed by atoms with Crippen LogP contribution < -0.4 is 5.73 Å². The summed E-state index contributed by atoms with van der Waals surface area (Å²) >= 11 is 0. The normalized spacial score (nSPS) is 11.1. The molecule has 0 saturated heterocycles. The molecule has 6 heteroatoms. The van der Waals surface area contributed by atoms with Crippen LogP contribution in [0.15, 0.2) is 0 Å². The first-order valence-electron chi connectivity index (χ1n) is 6.45. The Bertz CT molecular complexity index is 440. The summed E-state index contributed by atoms with van der Waals surface area (Å²) in [6, 6.07) is 0. The maximum atomic E-state index is 12.6. The summed E-state index contributed by atoms with van der Waals surface area (Å²) in [6.07, 6.45) is 0. The minimum Gasteiger partial charge on any atom is -0.395 e. The van der Waals surface area contributed by atoms with Crippen LogP contribution in [0.3, 0.4) is 0 Å². The predicted octanol–water partition coefficient (Wildman–Crippen LogP) is 1.06. The first-order valence-corrected chi connectivity index (χ1v) is 6.45. The second kappa shape index (κ2) is 6.56. The van der Waals surface area contributed by atoms with Crippen molar-refractivity contribution in [3.8, 4) is 0 Å². The molecule has 1 aromatic rings. The molecule has 0 atom stereocenters. The predicted molar refractivity (Wildman–Crippen MR) is 75.0 cm³/mol. The molecule has 0 aromatic carbocycles. The van der Waals surface area contributed by atoms with Crippen LogP contribution in [0.2, 0.25) is 0 Å². The smallest absolute Gasteiger partial charge is 0.274 e. The molecule has 0 unspecified atom stereocenters. The van der Waals surface area contributed by atoms with E-state index in [9.17, 15) is 4.79 Å². The van der Waals surface area contributed by atoms with Crippen LogP contribution >= 0.6 is 0 Å². The third kappa shape index (κ3) is 3.70. The number of carbonyl (C=O) groups is 1. The van der Waals surface area contributed by atoms with E-state index in [1.807, 2.05) is 0 Å². The number of amides is 1. The van der Waals surface area contributed by atoms with Crippen LogP contribution in [-0.2, 0) is 11.8 Å². The molecule has 0 aliphatic carbocycles. The van der Waals surface area contributed by atoms with Gasteiger partial charge in [0.1, 0.15) is 5.69 Å². The molecule has 1 amide bonds. The molecule has 0 aliphatic heterocycles. The number of nitrogens with two attached hydrogens (primary N) is 1. The van der Waals surface area contributed by atoms with E-state index in [-0.39, 0.29) is 5.91 Å². The number of methoxy groups -OCH3 is 1. The molecule has 19 heavy (non-hydrogen) atoms. The van der Waals surface area contributed by atoms with Gasteiger partial charge in [-0.05, 0) is 12.8 Å². The van der Waals surface area contributed by atoms with Crippen molar-refractivity contribution in [2.24, 2.45) is 13.0 Å². The molecule has 0 fully saturated rings. The zero-order valence-corrected chi connectivity index (χ0v) is 12.4. The number of rotatable bonds is 6. The number of hydrogen-bond donors (Lipinski definition) is 1. The van der Waals surface area contributed by atoms with Crippen LogP contribution in [0.5, 0.6) is 0 Å². The van der Waals surface area contributed by atoms with Crippen molar-refractivity contribution >= 4 is 11.6 Å². The number of carbonyl (C=O) groups excluding carboxylic acids is 1. The topological polar surface area (TPSA) is 73.4 Å². The average Bonchev–Trinajstić information content (AvgIpc) is 2.57. The summed E-state index contributed by atoms with van der Waals surface area (Å²) in [5.41, 5.74) is 7.53. The molecular formula is C13H24N4O2. The maximum absolute atomic E-state index is 12.6. The SMILES string of the molecule is COCCN(CC(C)C)C(=O)c1c(N)c(C)nn1C. The minimum absolute atomic E-state index is 0.0913. The molecule has 0 aliphatic rings. The van der Waals surface area contributed by atoms with Crippen molar-refractivity contribution < 1.29 is 9.53 Å². The van der Waals surface area contributed by atoms with Gasteiger partial charge in [-0.2, -0.15) is 5.10 Å². The molecule has 1 heterocycles. The Kier molecular flexibility index (Phi) is 5.35. The maximum Gasteiger partial charge on any atom is 0.274 e. The van der Waals surface area contributed by atoms with Gasteiger partial charge in [0.15, 0.2) is 0 Å². The average molecular weight is 268 g/mol. The summed E-state index contributed by atoms with van der Waals surface area (Å²) in [6.45, 7) is 7.68. The molecular weight excluding hydrogens is 244 g/mol. The highest BCUT2D eigenvalue weighted by Gasteiger charge is 2.23.